The van der Waals surface area contributed by atoms with Crippen molar-refractivity contribution < 1.29 is 19.1 Å². The minimum atomic E-state index is -0.900. The van der Waals surface area contributed by atoms with Crippen molar-refractivity contribution in [2.75, 3.05) is 5.32 Å². The van der Waals surface area contributed by atoms with Gasteiger partial charge in [0.05, 0.1) is 16.8 Å². The van der Waals surface area contributed by atoms with Gasteiger partial charge in [-0.05, 0) is 66.6 Å². The molecule has 8 heteroatoms. The molecule has 2 N–H and O–H groups in total. The first-order valence-electron chi connectivity index (χ1n) is 9.20. The summed E-state index contributed by atoms with van der Waals surface area (Å²) in [6, 6.07) is 20.1. The second-order valence-electron chi connectivity index (χ2n) is 6.46. The van der Waals surface area contributed by atoms with Gasteiger partial charge in [-0.2, -0.15) is 5.10 Å². The van der Waals surface area contributed by atoms with E-state index in [9.17, 15) is 14.4 Å². The molecule has 7 nitrogen and oxygen atoms in total. The summed E-state index contributed by atoms with van der Waals surface area (Å²) in [7, 11) is 0. The molecule has 0 fully saturated rings. The van der Waals surface area contributed by atoms with Crippen LogP contribution in [0.25, 0.3) is 0 Å². The zero-order valence-electron chi connectivity index (χ0n) is 16.5. The fraction of sp³-hybridized carbons (Fsp3) is 0.0435. The third-order valence-electron chi connectivity index (χ3n) is 4.05. The highest BCUT2D eigenvalue weighted by Gasteiger charge is 2.13. The van der Waals surface area contributed by atoms with E-state index in [-0.39, 0.29) is 5.56 Å². The monoisotopic (exact) mass is 435 g/mol. The number of nitrogens with zero attached hydrogens (tertiary/aromatic N) is 1. The van der Waals surface area contributed by atoms with Gasteiger partial charge in [-0.1, -0.05) is 35.9 Å². The summed E-state index contributed by atoms with van der Waals surface area (Å²) < 4.78 is 5.28. The second-order valence-corrected chi connectivity index (χ2v) is 6.87. The molecule has 0 unspecified atom stereocenters. The highest BCUT2D eigenvalue weighted by atomic mass is 35.5. The van der Waals surface area contributed by atoms with Crippen LogP contribution in [0.15, 0.2) is 77.9 Å². The van der Waals surface area contributed by atoms with E-state index in [1.807, 2.05) is 13.0 Å². The maximum atomic E-state index is 12.2. The Kier molecular flexibility index (Phi) is 7.13. The largest absolute Gasteiger partial charge is 0.423 e. The van der Waals surface area contributed by atoms with Crippen molar-refractivity contribution in [1.82, 2.24) is 5.43 Å². The minimum Gasteiger partial charge on any atom is -0.423 e. The topological polar surface area (TPSA) is 96.9 Å². The SMILES string of the molecule is Cc1cccc(NC(=O)C(=O)NN=Cc2ccc(OC(=O)c3ccccc3Cl)cc2)c1. The van der Waals surface area contributed by atoms with Gasteiger partial charge < -0.3 is 10.1 Å². The molecule has 0 aliphatic carbocycles. The molecule has 0 spiro atoms. The fourth-order valence-corrected chi connectivity index (χ4v) is 2.75. The van der Waals surface area contributed by atoms with Crippen molar-refractivity contribution >= 4 is 41.3 Å². The Balaban J connectivity index is 1.52. The van der Waals surface area contributed by atoms with Crippen molar-refractivity contribution in [2.24, 2.45) is 5.10 Å². The number of anilines is 1. The predicted octanol–water partition coefficient (Wildman–Crippen LogP) is 3.96. The number of benzene rings is 3. The molecule has 0 aromatic heterocycles. The van der Waals surface area contributed by atoms with Gasteiger partial charge >= 0.3 is 17.8 Å². The molecular formula is C23H18ClN3O4. The lowest BCUT2D eigenvalue weighted by Gasteiger charge is -2.06. The van der Waals surface area contributed by atoms with E-state index in [0.717, 1.165) is 5.56 Å². The standard InChI is InChI=1S/C23H18ClN3O4/c1-15-5-4-6-17(13-15)26-21(28)22(29)27-25-14-16-9-11-18(12-10-16)31-23(30)19-7-2-3-8-20(19)24/h2-14H,1H3,(H,26,28)(H,27,29). The minimum absolute atomic E-state index is 0.265. The highest BCUT2D eigenvalue weighted by molar-refractivity contribution is 6.39. The number of ether oxygens (including phenoxy) is 1. The van der Waals surface area contributed by atoms with Crippen LogP contribution in [-0.4, -0.2) is 24.0 Å². The van der Waals surface area contributed by atoms with Crippen molar-refractivity contribution in [3.05, 3.63) is 94.5 Å². The molecule has 0 saturated carbocycles. The highest BCUT2D eigenvalue weighted by Crippen LogP contribution is 2.19. The molecule has 156 valence electrons. The van der Waals surface area contributed by atoms with Crippen LogP contribution in [0.2, 0.25) is 5.02 Å². The van der Waals surface area contributed by atoms with Crippen LogP contribution < -0.4 is 15.5 Å². The number of hydrazone groups is 1. The summed E-state index contributed by atoms with van der Waals surface area (Å²) in [4.78, 5) is 35.9. The van der Waals surface area contributed by atoms with E-state index in [2.05, 4.69) is 15.8 Å². The van der Waals surface area contributed by atoms with Crippen molar-refractivity contribution in [2.45, 2.75) is 6.92 Å². The molecule has 0 atom stereocenters. The zero-order chi connectivity index (χ0) is 22.2. The van der Waals surface area contributed by atoms with Crippen molar-refractivity contribution in [1.29, 1.82) is 0 Å². The molecule has 2 amide bonds. The second kappa shape index (κ2) is 10.2. The molecule has 0 heterocycles. The number of aryl methyl sites for hydroxylation is 1. The van der Waals surface area contributed by atoms with Crippen LogP contribution in [-0.2, 0) is 9.59 Å². The number of amides is 2. The quantitative estimate of drug-likeness (QED) is 0.208. The summed E-state index contributed by atoms with van der Waals surface area (Å²) in [5.41, 5.74) is 4.52. The van der Waals surface area contributed by atoms with E-state index in [0.29, 0.717) is 22.0 Å². The Hall–Kier alpha value is -3.97. The number of carbonyl (C=O) groups is 3. The third-order valence-corrected chi connectivity index (χ3v) is 4.38. The van der Waals surface area contributed by atoms with E-state index >= 15 is 0 Å². The van der Waals surface area contributed by atoms with Crippen LogP contribution in [0.5, 0.6) is 5.75 Å². The molecule has 3 aromatic carbocycles. The van der Waals surface area contributed by atoms with Gasteiger partial charge in [-0.3, -0.25) is 9.59 Å². The Labute approximate surface area is 183 Å². The lowest BCUT2D eigenvalue weighted by Crippen LogP contribution is -2.32. The number of halogens is 1. The summed E-state index contributed by atoms with van der Waals surface area (Å²) in [5.74, 6) is -1.98. The zero-order valence-corrected chi connectivity index (χ0v) is 17.2. The summed E-state index contributed by atoms with van der Waals surface area (Å²) in [6.45, 7) is 1.88. The molecule has 0 bridgehead atoms. The first kappa shape index (κ1) is 21.7. The van der Waals surface area contributed by atoms with E-state index < -0.39 is 17.8 Å². The molecule has 0 aliphatic heterocycles. The maximum absolute atomic E-state index is 12.2. The number of carbonyl (C=O) groups excluding carboxylic acids is 3. The van der Waals surface area contributed by atoms with Crippen molar-refractivity contribution in [3.8, 4) is 5.75 Å². The Bertz CT molecular complexity index is 1140. The van der Waals surface area contributed by atoms with Gasteiger partial charge in [0.2, 0.25) is 0 Å². The summed E-state index contributed by atoms with van der Waals surface area (Å²) >= 11 is 5.99. The van der Waals surface area contributed by atoms with Gasteiger partial charge in [0, 0.05) is 5.69 Å². The number of rotatable bonds is 5. The number of esters is 1. The lowest BCUT2D eigenvalue weighted by atomic mass is 10.2. The molecular weight excluding hydrogens is 418 g/mol. The van der Waals surface area contributed by atoms with Crippen LogP contribution in [0, 0.1) is 6.92 Å². The lowest BCUT2D eigenvalue weighted by molar-refractivity contribution is -0.136. The van der Waals surface area contributed by atoms with Gasteiger partial charge in [-0.15, -0.1) is 0 Å². The number of nitrogens with one attached hydrogen (secondary N) is 2. The Morgan fingerprint density at radius 2 is 1.68 bits per heavy atom. The molecule has 0 aliphatic rings. The normalized spacial score (nSPS) is 10.5. The fourth-order valence-electron chi connectivity index (χ4n) is 2.54. The van der Waals surface area contributed by atoms with Gasteiger partial charge in [0.1, 0.15) is 5.75 Å². The average Bonchev–Trinajstić information content (AvgIpc) is 2.75. The Morgan fingerprint density at radius 1 is 0.935 bits per heavy atom. The first-order chi connectivity index (χ1) is 14.9. The third kappa shape index (κ3) is 6.25. The maximum Gasteiger partial charge on any atom is 0.345 e. The van der Waals surface area contributed by atoms with E-state index in [1.54, 1.807) is 66.7 Å². The van der Waals surface area contributed by atoms with Gasteiger partial charge in [-0.25, -0.2) is 10.2 Å². The average molecular weight is 436 g/mol. The molecule has 0 saturated heterocycles. The Morgan fingerprint density at radius 3 is 2.39 bits per heavy atom. The smallest absolute Gasteiger partial charge is 0.345 e. The molecule has 0 radical (unpaired) electrons. The van der Waals surface area contributed by atoms with E-state index in [4.69, 9.17) is 16.3 Å². The van der Waals surface area contributed by atoms with Gasteiger partial charge in [0.25, 0.3) is 0 Å². The van der Waals surface area contributed by atoms with Crippen LogP contribution >= 0.6 is 11.6 Å². The first-order valence-corrected chi connectivity index (χ1v) is 9.58. The van der Waals surface area contributed by atoms with Crippen LogP contribution in [0.1, 0.15) is 21.5 Å². The molecule has 3 aromatic rings. The van der Waals surface area contributed by atoms with Gasteiger partial charge in [0.15, 0.2) is 0 Å². The van der Waals surface area contributed by atoms with E-state index in [1.165, 1.54) is 6.21 Å². The van der Waals surface area contributed by atoms with Crippen LogP contribution in [0.4, 0.5) is 5.69 Å². The number of hydrogen-bond donors (Lipinski definition) is 2. The summed E-state index contributed by atoms with van der Waals surface area (Å²) in [5, 5.41) is 6.56. The molecule has 31 heavy (non-hydrogen) atoms. The van der Waals surface area contributed by atoms with Crippen molar-refractivity contribution in [3.63, 3.8) is 0 Å². The predicted molar refractivity (Wildman–Crippen MR) is 118 cm³/mol. The summed E-state index contributed by atoms with van der Waals surface area (Å²) in [6.07, 6.45) is 1.36. The molecule has 3 rings (SSSR count). The van der Waals surface area contributed by atoms with Crippen LogP contribution in [0.3, 0.4) is 0 Å². The number of hydrogen-bond acceptors (Lipinski definition) is 5.